The van der Waals surface area contributed by atoms with E-state index < -0.39 is 0 Å². The maximum absolute atomic E-state index is 12.7. The van der Waals surface area contributed by atoms with E-state index >= 15 is 0 Å². The fourth-order valence-corrected chi connectivity index (χ4v) is 1.24. The third kappa shape index (κ3) is 2.38. The minimum absolute atomic E-state index is 0.289. The Morgan fingerprint density at radius 3 is 2.75 bits per heavy atom. The molecule has 0 amide bonds. The van der Waals surface area contributed by atoms with Gasteiger partial charge in [-0.3, -0.25) is 0 Å². The van der Waals surface area contributed by atoms with Gasteiger partial charge in [-0.2, -0.15) is 0 Å². The van der Waals surface area contributed by atoms with Crippen molar-refractivity contribution < 1.29 is 13.7 Å². The lowest BCUT2D eigenvalue weighted by molar-refractivity contribution is 0.288. The highest BCUT2D eigenvalue weighted by atomic mass is 19.1. The molecule has 0 aliphatic heterocycles. The van der Waals surface area contributed by atoms with E-state index in [9.17, 15) is 4.39 Å². The van der Waals surface area contributed by atoms with Gasteiger partial charge in [0.15, 0.2) is 5.76 Å². The molecule has 0 atom stereocenters. The summed E-state index contributed by atoms with van der Waals surface area (Å²) < 4.78 is 22.9. The molecule has 0 aliphatic rings. The summed E-state index contributed by atoms with van der Waals surface area (Å²) in [6, 6.07) is 7.59. The van der Waals surface area contributed by atoms with E-state index in [1.165, 1.54) is 12.1 Å². The molecule has 0 aliphatic carbocycles. The average Bonchev–Trinajstić information content (AvgIpc) is 2.76. The second kappa shape index (κ2) is 4.76. The molecular weight excluding hydrogens is 211 g/mol. The number of hydrogen-bond donors (Lipinski definition) is 1. The van der Waals surface area contributed by atoms with Gasteiger partial charge in [0.25, 0.3) is 5.88 Å². The normalized spacial score (nSPS) is 10.4. The zero-order valence-corrected chi connectivity index (χ0v) is 8.52. The molecule has 16 heavy (non-hydrogen) atoms. The van der Waals surface area contributed by atoms with E-state index in [2.05, 4.69) is 5.16 Å². The van der Waals surface area contributed by atoms with Crippen LogP contribution in [-0.4, -0.2) is 18.3 Å². The van der Waals surface area contributed by atoms with Crippen LogP contribution in [0.2, 0.25) is 0 Å². The Hall–Kier alpha value is -1.88. The SMILES string of the molecule is NCCOc1cc(-c2ccc(F)cc2)on1. The van der Waals surface area contributed by atoms with Gasteiger partial charge in [0.05, 0.1) is 0 Å². The molecule has 1 heterocycles. The van der Waals surface area contributed by atoms with E-state index in [0.717, 1.165) is 5.56 Å². The molecule has 0 unspecified atom stereocenters. The Balaban J connectivity index is 2.15. The number of halogens is 1. The van der Waals surface area contributed by atoms with Gasteiger partial charge >= 0.3 is 0 Å². The van der Waals surface area contributed by atoms with Crippen LogP contribution in [0.5, 0.6) is 5.88 Å². The predicted molar refractivity (Wildman–Crippen MR) is 56.4 cm³/mol. The first-order valence-electron chi connectivity index (χ1n) is 4.85. The van der Waals surface area contributed by atoms with Crippen molar-refractivity contribution in [3.05, 3.63) is 36.1 Å². The van der Waals surface area contributed by atoms with Crippen molar-refractivity contribution in [2.24, 2.45) is 5.73 Å². The lowest BCUT2D eigenvalue weighted by Gasteiger charge is -1.95. The van der Waals surface area contributed by atoms with Crippen LogP contribution in [0.15, 0.2) is 34.9 Å². The number of ether oxygens (including phenoxy) is 1. The fraction of sp³-hybridized carbons (Fsp3) is 0.182. The van der Waals surface area contributed by atoms with Gasteiger partial charge in [-0.25, -0.2) is 4.39 Å². The van der Waals surface area contributed by atoms with E-state index in [0.29, 0.717) is 24.8 Å². The highest BCUT2D eigenvalue weighted by Gasteiger charge is 2.07. The van der Waals surface area contributed by atoms with Gasteiger partial charge in [0.1, 0.15) is 12.4 Å². The second-order valence-electron chi connectivity index (χ2n) is 3.17. The third-order valence-electron chi connectivity index (χ3n) is 1.99. The zero-order chi connectivity index (χ0) is 11.4. The molecule has 1 aromatic heterocycles. The first kappa shape index (κ1) is 10.6. The van der Waals surface area contributed by atoms with Crippen molar-refractivity contribution in [2.45, 2.75) is 0 Å². The van der Waals surface area contributed by atoms with Crippen LogP contribution in [0.3, 0.4) is 0 Å². The van der Waals surface area contributed by atoms with Gasteiger partial charge in [-0.1, -0.05) is 0 Å². The summed E-state index contributed by atoms with van der Waals surface area (Å²) in [6.07, 6.45) is 0. The van der Waals surface area contributed by atoms with Crippen LogP contribution < -0.4 is 10.5 Å². The number of nitrogens with two attached hydrogens (primary N) is 1. The van der Waals surface area contributed by atoms with Gasteiger partial charge in [-0.05, 0) is 29.4 Å². The first-order chi connectivity index (χ1) is 7.79. The van der Waals surface area contributed by atoms with Gasteiger partial charge in [0.2, 0.25) is 0 Å². The maximum Gasteiger partial charge on any atom is 0.254 e. The topological polar surface area (TPSA) is 61.3 Å². The molecule has 4 nitrogen and oxygen atoms in total. The molecule has 0 saturated carbocycles. The standard InChI is InChI=1S/C11H11FN2O2/c12-9-3-1-8(2-4-9)10-7-11(14-16-10)15-6-5-13/h1-4,7H,5-6,13H2. The molecule has 0 bridgehead atoms. The first-order valence-corrected chi connectivity index (χ1v) is 4.85. The molecule has 84 valence electrons. The van der Waals surface area contributed by atoms with Crippen molar-refractivity contribution in [3.63, 3.8) is 0 Å². The molecule has 0 fully saturated rings. The number of benzene rings is 1. The Kier molecular flexibility index (Phi) is 3.16. The molecule has 0 spiro atoms. The monoisotopic (exact) mass is 222 g/mol. The lowest BCUT2D eigenvalue weighted by Crippen LogP contribution is -2.10. The number of rotatable bonds is 4. The number of hydrogen-bond acceptors (Lipinski definition) is 4. The van der Waals surface area contributed by atoms with Crippen LogP contribution in [0, 0.1) is 5.82 Å². The van der Waals surface area contributed by atoms with Gasteiger partial charge < -0.3 is 15.0 Å². The van der Waals surface area contributed by atoms with Crippen LogP contribution in [0.1, 0.15) is 0 Å². The Labute approximate surface area is 91.8 Å². The molecule has 2 aromatic rings. The molecule has 5 heteroatoms. The van der Waals surface area contributed by atoms with Crippen molar-refractivity contribution in [1.29, 1.82) is 0 Å². The summed E-state index contributed by atoms with van der Waals surface area (Å²) in [5, 5.41) is 3.71. The van der Waals surface area contributed by atoms with Crippen LogP contribution in [0.25, 0.3) is 11.3 Å². The van der Waals surface area contributed by atoms with Crippen molar-refractivity contribution in [1.82, 2.24) is 5.16 Å². The summed E-state index contributed by atoms with van der Waals surface area (Å²) in [6.45, 7) is 0.800. The molecule has 1 aromatic carbocycles. The third-order valence-corrected chi connectivity index (χ3v) is 1.99. The molecule has 0 saturated heterocycles. The van der Waals surface area contributed by atoms with E-state index in [4.69, 9.17) is 15.0 Å². The van der Waals surface area contributed by atoms with Gasteiger partial charge in [0, 0.05) is 18.2 Å². The largest absolute Gasteiger partial charge is 0.474 e. The smallest absolute Gasteiger partial charge is 0.254 e. The van der Waals surface area contributed by atoms with E-state index in [1.54, 1.807) is 18.2 Å². The lowest BCUT2D eigenvalue weighted by atomic mass is 10.2. The average molecular weight is 222 g/mol. The Morgan fingerprint density at radius 1 is 1.31 bits per heavy atom. The van der Waals surface area contributed by atoms with Crippen LogP contribution >= 0.6 is 0 Å². The summed E-state index contributed by atoms with van der Waals surface area (Å²) in [7, 11) is 0. The summed E-state index contributed by atoms with van der Waals surface area (Å²) in [5.41, 5.74) is 6.03. The molecular formula is C11H11FN2O2. The summed E-state index contributed by atoms with van der Waals surface area (Å²) in [4.78, 5) is 0. The fourth-order valence-electron chi connectivity index (χ4n) is 1.24. The summed E-state index contributed by atoms with van der Waals surface area (Å²) in [5.74, 6) is 0.625. The Bertz CT molecular complexity index is 453. The molecule has 2 N–H and O–H groups in total. The predicted octanol–water partition coefficient (Wildman–Crippen LogP) is 1.82. The van der Waals surface area contributed by atoms with Crippen molar-refractivity contribution in [3.8, 4) is 17.2 Å². The maximum atomic E-state index is 12.7. The van der Waals surface area contributed by atoms with Crippen molar-refractivity contribution >= 4 is 0 Å². The minimum Gasteiger partial charge on any atom is -0.474 e. The van der Waals surface area contributed by atoms with Gasteiger partial charge in [-0.15, -0.1) is 0 Å². The molecule has 0 radical (unpaired) electrons. The highest BCUT2D eigenvalue weighted by Crippen LogP contribution is 2.23. The van der Waals surface area contributed by atoms with Crippen LogP contribution in [0.4, 0.5) is 4.39 Å². The second-order valence-corrected chi connectivity index (χ2v) is 3.17. The molecule has 2 rings (SSSR count). The number of nitrogens with zero attached hydrogens (tertiary/aromatic N) is 1. The highest BCUT2D eigenvalue weighted by molar-refractivity contribution is 5.57. The van der Waals surface area contributed by atoms with E-state index in [1.807, 2.05) is 0 Å². The zero-order valence-electron chi connectivity index (χ0n) is 8.52. The Morgan fingerprint density at radius 2 is 2.06 bits per heavy atom. The van der Waals surface area contributed by atoms with Crippen molar-refractivity contribution in [2.75, 3.05) is 13.2 Å². The quantitative estimate of drug-likeness (QED) is 0.857. The minimum atomic E-state index is -0.289. The van der Waals surface area contributed by atoms with E-state index in [-0.39, 0.29) is 5.82 Å². The number of aromatic nitrogens is 1. The van der Waals surface area contributed by atoms with Crippen LogP contribution in [-0.2, 0) is 0 Å². The summed E-state index contributed by atoms with van der Waals surface area (Å²) >= 11 is 0.